The fourth-order valence-corrected chi connectivity index (χ4v) is 3.34. The molecule has 25 heavy (non-hydrogen) atoms. The summed E-state index contributed by atoms with van der Waals surface area (Å²) in [5.74, 6) is 0.419. The topological polar surface area (TPSA) is 79.2 Å². The molecular weight excluding hydrogens is 340 g/mol. The molecule has 0 spiro atoms. The summed E-state index contributed by atoms with van der Waals surface area (Å²) in [4.78, 5) is 12.3. The van der Waals surface area contributed by atoms with Crippen LogP contribution in [0.3, 0.4) is 0 Å². The molecule has 7 heteroatoms. The zero-order valence-electron chi connectivity index (χ0n) is 14.4. The fourth-order valence-electron chi connectivity index (χ4n) is 3.00. The predicted octanol–water partition coefficient (Wildman–Crippen LogP) is 3.37. The second-order valence-electron chi connectivity index (χ2n) is 6.79. The molecule has 1 heterocycles. The third kappa shape index (κ3) is 3.96. The quantitative estimate of drug-likeness (QED) is 0.763. The minimum absolute atomic E-state index is 0.0432. The van der Waals surface area contributed by atoms with Gasteiger partial charge in [0.25, 0.3) is 0 Å². The average molecular weight is 363 g/mol. The van der Waals surface area contributed by atoms with Gasteiger partial charge in [-0.1, -0.05) is 36.2 Å². The number of benzene rings is 1. The number of nitrogens with one attached hydrogen (secondary N) is 2. The van der Waals surface area contributed by atoms with Crippen molar-refractivity contribution in [2.75, 3.05) is 11.9 Å². The van der Waals surface area contributed by atoms with E-state index in [1.807, 2.05) is 7.05 Å². The molecule has 134 valence electrons. The largest absolute Gasteiger partial charge is 0.384 e. The number of aliphatic hydroxyl groups is 1. The van der Waals surface area contributed by atoms with Crippen LogP contribution in [0.25, 0.3) is 0 Å². The van der Waals surface area contributed by atoms with Crippen LogP contribution in [0, 0.1) is 0 Å². The molecule has 1 unspecified atom stereocenters. The molecule has 0 bridgehead atoms. The van der Waals surface area contributed by atoms with Crippen molar-refractivity contribution >= 4 is 23.3 Å². The van der Waals surface area contributed by atoms with Gasteiger partial charge in [0.15, 0.2) is 0 Å². The van der Waals surface area contributed by atoms with E-state index in [-0.39, 0.29) is 12.6 Å². The third-order valence-electron chi connectivity index (χ3n) is 4.64. The first-order chi connectivity index (χ1) is 11.9. The molecule has 0 saturated heterocycles. The van der Waals surface area contributed by atoms with Crippen molar-refractivity contribution in [3.8, 4) is 0 Å². The number of urea groups is 1. The molecule has 2 amide bonds. The van der Waals surface area contributed by atoms with E-state index in [4.69, 9.17) is 11.6 Å². The van der Waals surface area contributed by atoms with Crippen LogP contribution in [0.15, 0.2) is 30.5 Å². The fraction of sp³-hybridized carbons (Fsp3) is 0.444. The maximum absolute atomic E-state index is 12.3. The summed E-state index contributed by atoms with van der Waals surface area (Å²) >= 11 is 6.14. The summed E-state index contributed by atoms with van der Waals surface area (Å²) < 4.78 is 1.71. The van der Waals surface area contributed by atoms with Gasteiger partial charge in [0.1, 0.15) is 5.60 Å². The Bertz CT molecular complexity index is 768. The first-order valence-electron chi connectivity index (χ1n) is 8.42. The Hall–Kier alpha value is -2.05. The molecule has 2 aromatic rings. The number of aromatic nitrogens is 2. The summed E-state index contributed by atoms with van der Waals surface area (Å²) in [5.41, 5.74) is 0.971. The zero-order valence-corrected chi connectivity index (χ0v) is 15.2. The smallest absolute Gasteiger partial charge is 0.319 e. The number of carbonyl (C=O) groups is 1. The molecule has 1 aromatic carbocycles. The van der Waals surface area contributed by atoms with E-state index in [1.54, 1.807) is 42.1 Å². The normalized spacial score (nSPS) is 16.8. The highest BCUT2D eigenvalue weighted by Crippen LogP contribution is 2.38. The predicted molar refractivity (Wildman–Crippen MR) is 97.8 cm³/mol. The summed E-state index contributed by atoms with van der Waals surface area (Å²) in [7, 11) is 1.84. The Labute approximate surface area is 152 Å². The van der Waals surface area contributed by atoms with Gasteiger partial charge in [-0.15, -0.1) is 0 Å². The van der Waals surface area contributed by atoms with Gasteiger partial charge in [-0.2, -0.15) is 5.10 Å². The minimum atomic E-state index is -1.26. The lowest BCUT2D eigenvalue weighted by Gasteiger charge is -2.26. The monoisotopic (exact) mass is 362 g/mol. The Morgan fingerprint density at radius 2 is 2.16 bits per heavy atom. The number of nitrogens with zero attached hydrogens (tertiary/aromatic N) is 2. The van der Waals surface area contributed by atoms with Crippen LogP contribution in [0.1, 0.15) is 43.4 Å². The Morgan fingerprint density at radius 1 is 1.44 bits per heavy atom. The molecule has 1 aromatic heterocycles. The summed E-state index contributed by atoms with van der Waals surface area (Å²) in [6, 6.07) is 6.69. The standard InChI is InChI=1S/C18H23ClN4O2/c1-18(25,13-8-3-4-9-14(13)19)11-20-17(24)21-15-10-23(2)22-16(15)12-6-5-7-12/h3-4,8-10,12,25H,5-7,11H2,1-2H3,(H2,20,21,24). The molecular formula is C18H23ClN4O2. The van der Waals surface area contributed by atoms with E-state index in [9.17, 15) is 9.90 Å². The van der Waals surface area contributed by atoms with Crippen molar-refractivity contribution < 1.29 is 9.90 Å². The van der Waals surface area contributed by atoms with Gasteiger partial charge in [-0.05, 0) is 25.8 Å². The Balaban J connectivity index is 1.63. The number of amides is 2. The highest BCUT2D eigenvalue weighted by atomic mass is 35.5. The summed E-state index contributed by atoms with van der Waals surface area (Å²) in [6.45, 7) is 1.67. The maximum Gasteiger partial charge on any atom is 0.319 e. The van der Waals surface area contributed by atoms with Crippen LogP contribution in [0.2, 0.25) is 5.02 Å². The zero-order chi connectivity index (χ0) is 18.0. The van der Waals surface area contributed by atoms with Crippen LogP contribution in [-0.4, -0.2) is 27.5 Å². The van der Waals surface area contributed by atoms with Crippen LogP contribution in [0.5, 0.6) is 0 Å². The first-order valence-corrected chi connectivity index (χ1v) is 8.80. The van der Waals surface area contributed by atoms with Crippen LogP contribution < -0.4 is 10.6 Å². The SMILES string of the molecule is Cn1cc(NC(=O)NCC(C)(O)c2ccccc2Cl)c(C2CCC2)n1. The molecule has 1 aliphatic rings. The molecule has 3 N–H and O–H groups in total. The van der Waals surface area contributed by atoms with Crippen molar-refractivity contribution in [2.24, 2.45) is 7.05 Å². The van der Waals surface area contributed by atoms with Crippen LogP contribution >= 0.6 is 11.6 Å². The number of aryl methyl sites for hydroxylation is 1. The molecule has 1 saturated carbocycles. The molecule has 0 radical (unpaired) electrons. The molecule has 1 fully saturated rings. The maximum atomic E-state index is 12.3. The lowest BCUT2D eigenvalue weighted by molar-refractivity contribution is 0.0600. The van der Waals surface area contributed by atoms with E-state index in [1.165, 1.54) is 6.42 Å². The van der Waals surface area contributed by atoms with E-state index in [0.717, 1.165) is 24.2 Å². The molecule has 3 rings (SSSR count). The number of rotatable bonds is 5. The minimum Gasteiger partial charge on any atom is -0.384 e. The van der Waals surface area contributed by atoms with Crippen LogP contribution in [0.4, 0.5) is 10.5 Å². The van der Waals surface area contributed by atoms with E-state index in [2.05, 4.69) is 15.7 Å². The second kappa shape index (κ2) is 7.06. The van der Waals surface area contributed by atoms with Crippen molar-refractivity contribution in [3.05, 3.63) is 46.7 Å². The summed E-state index contributed by atoms with van der Waals surface area (Å²) in [6.07, 6.45) is 5.22. The van der Waals surface area contributed by atoms with E-state index in [0.29, 0.717) is 16.5 Å². The molecule has 0 aliphatic heterocycles. The van der Waals surface area contributed by atoms with Gasteiger partial charge in [-0.3, -0.25) is 4.68 Å². The van der Waals surface area contributed by atoms with E-state index >= 15 is 0 Å². The Kier molecular flexibility index (Phi) is 5.01. The van der Waals surface area contributed by atoms with Gasteiger partial charge in [0.2, 0.25) is 0 Å². The average Bonchev–Trinajstić information content (AvgIpc) is 2.84. The number of anilines is 1. The Morgan fingerprint density at radius 3 is 2.80 bits per heavy atom. The highest BCUT2D eigenvalue weighted by Gasteiger charge is 2.28. The van der Waals surface area contributed by atoms with Crippen molar-refractivity contribution in [1.82, 2.24) is 15.1 Å². The number of carbonyl (C=O) groups excluding carboxylic acids is 1. The molecule has 6 nitrogen and oxygen atoms in total. The first kappa shape index (κ1) is 17.8. The lowest BCUT2D eigenvalue weighted by atomic mass is 9.82. The summed E-state index contributed by atoms with van der Waals surface area (Å²) in [5, 5.41) is 21.1. The van der Waals surface area contributed by atoms with Crippen LogP contribution in [-0.2, 0) is 12.6 Å². The lowest BCUT2D eigenvalue weighted by Crippen LogP contribution is -2.40. The highest BCUT2D eigenvalue weighted by molar-refractivity contribution is 6.31. The second-order valence-corrected chi connectivity index (χ2v) is 7.20. The van der Waals surface area contributed by atoms with Gasteiger partial charge < -0.3 is 15.7 Å². The number of halogens is 1. The number of hydrogen-bond donors (Lipinski definition) is 3. The van der Waals surface area contributed by atoms with Crippen molar-refractivity contribution in [1.29, 1.82) is 0 Å². The molecule has 1 atom stereocenters. The van der Waals surface area contributed by atoms with Crippen molar-refractivity contribution in [2.45, 2.75) is 37.7 Å². The van der Waals surface area contributed by atoms with Gasteiger partial charge in [-0.25, -0.2) is 4.79 Å². The van der Waals surface area contributed by atoms with E-state index < -0.39 is 5.60 Å². The third-order valence-corrected chi connectivity index (χ3v) is 4.97. The van der Waals surface area contributed by atoms with Crippen molar-refractivity contribution in [3.63, 3.8) is 0 Å². The van der Waals surface area contributed by atoms with Gasteiger partial charge >= 0.3 is 6.03 Å². The van der Waals surface area contributed by atoms with Gasteiger partial charge in [0.05, 0.1) is 17.9 Å². The number of hydrogen-bond acceptors (Lipinski definition) is 3. The van der Waals surface area contributed by atoms with Gasteiger partial charge in [0, 0.05) is 29.7 Å². The molecule has 1 aliphatic carbocycles.